The van der Waals surface area contributed by atoms with Gasteiger partial charge in [-0.25, -0.2) is 0 Å². The highest BCUT2D eigenvalue weighted by Gasteiger charge is 2.08. The maximum absolute atomic E-state index is 5.42. The molecule has 0 spiro atoms. The fraction of sp³-hybridized carbons (Fsp3) is 0.0714. The molecule has 0 unspecified atom stereocenters. The van der Waals surface area contributed by atoms with Crippen molar-refractivity contribution >= 4 is 39.2 Å². The Morgan fingerprint density at radius 3 is 2.56 bits per heavy atom. The number of para-hydroxylation sites is 1. The summed E-state index contributed by atoms with van der Waals surface area (Å²) in [5.41, 5.74) is 4.50. The van der Waals surface area contributed by atoms with Crippen molar-refractivity contribution in [3.63, 3.8) is 0 Å². The summed E-state index contributed by atoms with van der Waals surface area (Å²) in [6.45, 7) is 2.10. The van der Waals surface area contributed by atoms with Crippen molar-refractivity contribution in [3.05, 3.63) is 57.3 Å². The monoisotopic (exact) mass is 318 g/mol. The molecule has 0 bridgehead atoms. The standard InChI is InChI=1S/C14H11BrN2S/c1-9-3-2-4-12-13(9)17(14(18)16-12)11-7-5-10(15)6-8-11/h2-8H,1H3,(H,16,18). The third-order valence-corrected chi connectivity index (χ3v) is 3.80. The van der Waals surface area contributed by atoms with Crippen LogP contribution in [0, 0.1) is 11.7 Å². The summed E-state index contributed by atoms with van der Waals surface area (Å²) in [4.78, 5) is 3.25. The second kappa shape index (κ2) is 4.37. The highest BCUT2D eigenvalue weighted by Crippen LogP contribution is 2.23. The first-order chi connectivity index (χ1) is 8.66. The molecular formula is C14H11BrN2S. The number of fused-ring (bicyclic) bond motifs is 1. The number of H-pyrrole nitrogens is 1. The number of nitrogens with one attached hydrogen (secondary N) is 1. The van der Waals surface area contributed by atoms with Crippen molar-refractivity contribution in [3.8, 4) is 5.69 Å². The lowest BCUT2D eigenvalue weighted by Gasteiger charge is -2.06. The lowest BCUT2D eigenvalue weighted by Crippen LogP contribution is -1.94. The number of rotatable bonds is 1. The molecule has 0 aliphatic heterocycles. The van der Waals surface area contributed by atoms with Crippen LogP contribution in [-0.4, -0.2) is 9.55 Å². The van der Waals surface area contributed by atoms with Gasteiger partial charge in [-0.15, -0.1) is 0 Å². The van der Waals surface area contributed by atoms with Crippen molar-refractivity contribution in [2.24, 2.45) is 0 Å². The van der Waals surface area contributed by atoms with E-state index in [0.717, 1.165) is 26.0 Å². The van der Waals surface area contributed by atoms with E-state index in [1.807, 2.05) is 24.3 Å². The average molecular weight is 319 g/mol. The summed E-state index contributed by atoms with van der Waals surface area (Å²) in [5.74, 6) is 0. The van der Waals surface area contributed by atoms with Gasteiger partial charge in [-0.2, -0.15) is 0 Å². The van der Waals surface area contributed by atoms with E-state index in [1.165, 1.54) is 5.56 Å². The van der Waals surface area contributed by atoms with Crippen LogP contribution in [0.5, 0.6) is 0 Å². The molecule has 2 nitrogen and oxygen atoms in total. The lowest BCUT2D eigenvalue weighted by molar-refractivity contribution is 1.06. The van der Waals surface area contributed by atoms with Crippen LogP contribution in [0.25, 0.3) is 16.7 Å². The van der Waals surface area contributed by atoms with Gasteiger partial charge >= 0.3 is 0 Å². The minimum atomic E-state index is 0.724. The molecule has 0 saturated carbocycles. The predicted octanol–water partition coefficient (Wildman–Crippen LogP) is 4.76. The third kappa shape index (κ3) is 1.82. The topological polar surface area (TPSA) is 20.7 Å². The molecule has 1 aromatic heterocycles. The molecule has 0 aliphatic rings. The molecule has 3 rings (SSSR count). The molecule has 0 aliphatic carbocycles. The zero-order valence-electron chi connectivity index (χ0n) is 9.77. The van der Waals surface area contributed by atoms with E-state index in [4.69, 9.17) is 12.2 Å². The summed E-state index contributed by atoms with van der Waals surface area (Å²) in [5, 5.41) is 0. The van der Waals surface area contributed by atoms with E-state index in [2.05, 4.69) is 50.6 Å². The molecule has 0 amide bonds. The first-order valence-corrected chi connectivity index (χ1v) is 6.83. The minimum Gasteiger partial charge on any atom is -0.330 e. The summed E-state index contributed by atoms with van der Waals surface area (Å²) >= 11 is 8.87. The Balaban J connectivity index is 2.38. The van der Waals surface area contributed by atoms with Crippen LogP contribution in [0.1, 0.15) is 5.56 Å². The Labute approximate surface area is 118 Å². The largest absolute Gasteiger partial charge is 0.330 e. The number of aromatic amines is 1. The fourth-order valence-corrected chi connectivity index (χ4v) is 2.74. The Hall–Kier alpha value is -1.39. The summed E-state index contributed by atoms with van der Waals surface area (Å²) in [6.07, 6.45) is 0. The second-order valence-electron chi connectivity index (χ2n) is 4.21. The molecule has 1 heterocycles. The first-order valence-electron chi connectivity index (χ1n) is 5.63. The molecule has 0 fully saturated rings. The van der Waals surface area contributed by atoms with E-state index < -0.39 is 0 Å². The normalized spacial score (nSPS) is 11.0. The lowest BCUT2D eigenvalue weighted by atomic mass is 10.2. The third-order valence-electron chi connectivity index (χ3n) is 2.99. The van der Waals surface area contributed by atoms with Gasteiger partial charge in [0.15, 0.2) is 4.77 Å². The zero-order chi connectivity index (χ0) is 12.7. The van der Waals surface area contributed by atoms with E-state index in [9.17, 15) is 0 Å². The van der Waals surface area contributed by atoms with Crippen molar-refractivity contribution in [1.82, 2.24) is 9.55 Å². The van der Waals surface area contributed by atoms with E-state index in [0.29, 0.717) is 0 Å². The Morgan fingerprint density at radius 1 is 1.11 bits per heavy atom. The van der Waals surface area contributed by atoms with Crippen LogP contribution in [0.3, 0.4) is 0 Å². The van der Waals surface area contributed by atoms with Gasteiger partial charge in [-0.05, 0) is 55.0 Å². The maximum Gasteiger partial charge on any atom is 0.182 e. The number of hydrogen-bond donors (Lipinski definition) is 1. The number of imidazole rings is 1. The Morgan fingerprint density at radius 2 is 1.83 bits per heavy atom. The number of nitrogens with zero attached hydrogens (tertiary/aromatic N) is 1. The molecule has 18 heavy (non-hydrogen) atoms. The molecule has 2 aromatic carbocycles. The van der Waals surface area contributed by atoms with Crippen LogP contribution < -0.4 is 0 Å². The Bertz CT molecular complexity index is 769. The Kier molecular flexibility index (Phi) is 2.84. The first kappa shape index (κ1) is 11.7. The van der Waals surface area contributed by atoms with Gasteiger partial charge in [0, 0.05) is 10.2 Å². The van der Waals surface area contributed by atoms with Gasteiger partial charge in [0.2, 0.25) is 0 Å². The molecule has 0 saturated heterocycles. The van der Waals surface area contributed by atoms with Gasteiger partial charge in [-0.1, -0.05) is 28.1 Å². The van der Waals surface area contributed by atoms with E-state index in [-0.39, 0.29) is 0 Å². The van der Waals surface area contributed by atoms with Gasteiger partial charge in [0.1, 0.15) is 0 Å². The summed E-state index contributed by atoms with van der Waals surface area (Å²) in [7, 11) is 0. The van der Waals surface area contributed by atoms with Gasteiger partial charge in [-0.3, -0.25) is 4.57 Å². The fourth-order valence-electron chi connectivity index (χ4n) is 2.17. The minimum absolute atomic E-state index is 0.724. The summed E-state index contributed by atoms with van der Waals surface area (Å²) < 4.78 is 3.86. The number of hydrogen-bond acceptors (Lipinski definition) is 1. The average Bonchev–Trinajstić information content (AvgIpc) is 2.68. The molecule has 90 valence electrons. The second-order valence-corrected chi connectivity index (χ2v) is 5.52. The van der Waals surface area contributed by atoms with E-state index >= 15 is 0 Å². The van der Waals surface area contributed by atoms with Crippen molar-refractivity contribution in [1.29, 1.82) is 0 Å². The molecule has 0 radical (unpaired) electrons. The van der Waals surface area contributed by atoms with Crippen molar-refractivity contribution in [2.45, 2.75) is 6.92 Å². The van der Waals surface area contributed by atoms with Crippen LogP contribution >= 0.6 is 28.1 Å². The molecule has 3 aromatic rings. The highest BCUT2D eigenvalue weighted by atomic mass is 79.9. The van der Waals surface area contributed by atoms with Gasteiger partial charge in [0.25, 0.3) is 0 Å². The van der Waals surface area contributed by atoms with Crippen LogP contribution in [-0.2, 0) is 0 Å². The molecular weight excluding hydrogens is 308 g/mol. The van der Waals surface area contributed by atoms with Crippen LogP contribution in [0.2, 0.25) is 0 Å². The van der Waals surface area contributed by atoms with Crippen LogP contribution in [0.15, 0.2) is 46.9 Å². The summed E-state index contributed by atoms with van der Waals surface area (Å²) in [6, 6.07) is 14.3. The van der Waals surface area contributed by atoms with Gasteiger partial charge < -0.3 is 4.98 Å². The molecule has 0 atom stereocenters. The van der Waals surface area contributed by atoms with Crippen molar-refractivity contribution in [2.75, 3.05) is 0 Å². The number of halogens is 1. The smallest absolute Gasteiger partial charge is 0.182 e. The number of aryl methyl sites for hydroxylation is 1. The van der Waals surface area contributed by atoms with Crippen LogP contribution in [0.4, 0.5) is 0 Å². The zero-order valence-corrected chi connectivity index (χ0v) is 12.2. The maximum atomic E-state index is 5.42. The number of aromatic nitrogens is 2. The number of benzene rings is 2. The molecule has 4 heteroatoms. The van der Waals surface area contributed by atoms with Crippen molar-refractivity contribution < 1.29 is 0 Å². The highest BCUT2D eigenvalue weighted by molar-refractivity contribution is 9.10. The van der Waals surface area contributed by atoms with Gasteiger partial charge in [0.05, 0.1) is 11.0 Å². The quantitative estimate of drug-likeness (QED) is 0.641. The SMILES string of the molecule is Cc1cccc2[nH]c(=S)n(-c3ccc(Br)cc3)c12. The van der Waals surface area contributed by atoms with E-state index in [1.54, 1.807) is 0 Å². The molecule has 1 N–H and O–H groups in total. The predicted molar refractivity (Wildman–Crippen MR) is 80.9 cm³/mol.